The first-order valence-corrected chi connectivity index (χ1v) is 13.3. The summed E-state index contributed by atoms with van der Waals surface area (Å²) in [5.74, 6) is -0.0334. The van der Waals surface area contributed by atoms with Crippen molar-refractivity contribution in [3.8, 4) is 22.8 Å². The van der Waals surface area contributed by atoms with Crippen LogP contribution in [0.25, 0.3) is 17.1 Å². The van der Waals surface area contributed by atoms with E-state index in [1.54, 1.807) is 12.1 Å². The molecule has 0 fully saturated rings. The molecule has 14 heteroatoms. The van der Waals surface area contributed by atoms with Gasteiger partial charge < -0.3 is 20.5 Å². The lowest BCUT2D eigenvalue weighted by molar-refractivity contribution is -0.360. The Bertz CT molecular complexity index is 1600. The highest BCUT2D eigenvalue weighted by Crippen LogP contribution is 2.37. The number of hydrogen-bond donors (Lipinski definition) is 2. The number of aryl methyl sites for hydroxylation is 1. The van der Waals surface area contributed by atoms with Crippen molar-refractivity contribution >= 4 is 29.1 Å². The van der Waals surface area contributed by atoms with E-state index in [2.05, 4.69) is 39.0 Å². The van der Waals surface area contributed by atoms with Gasteiger partial charge >= 0.3 is 12.3 Å². The highest BCUT2D eigenvalue weighted by Gasteiger charge is 2.61. The van der Waals surface area contributed by atoms with Gasteiger partial charge in [-0.3, -0.25) is 0 Å². The van der Waals surface area contributed by atoms with Crippen LogP contribution >= 0.6 is 12.2 Å². The molecule has 0 bridgehead atoms. The van der Waals surface area contributed by atoms with Crippen molar-refractivity contribution in [1.29, 1.82) is 0 Å². The van der Waals surface area contributed by atoms with Crippen molar-refractivity contribution < 1.29 is 31.4 Å². The highest BCUT2D eigenvalue weighted by atomic mass is 32.1. The predicted molar refractivity (Wildman–Crippen MR) is 155 cm³/mol. The first-order valence-electron chi connectivity index (χ1n) is 12.9. The molecule has 0 amide bonds. The van der Waals surface area contributed by atoms with Gasteiger partial charge in [0.2, 0.25) is 0 Å². The number of rotatable bonds is 8. The Morgan fingerprint density at radius 1 is 1.02 bits per heavy atom. The van der Waals surface area contributed by atoms with Gasteiger partial charge in [0.15, 0.2) is 5.82 Å². The number of nitrogens with zero attached hydrogens (tertiary/aromatic N) is 4. The number of nitrogens with two attached hydrogens (primary N) is 1. The van der Waals surface area contributed by atoms with Gasteiger partial charge in [-0.2, -0.15) is 26.9 Å². The Hall–Kier alpha value is -4.59. The van der Waals surface area contributed by atoms with Gasteiger partial charge in [-0.1, -0.05) is 50.2 Å². The van der Waals surface area contributed by atoms with E-state index in [1.165, 1.54) is 23.1 Å². The van der Waals surface area contributed by atoms with E-state index in [1.807, 2.05) is 37.3 Å². The van der Waals surface area contributed by atoms with Gasteiger partial charge in [0.1, 0.15) is 12.1 Å². The minimum absolute atomic E-state index is 0.0584. The molecular weight excluding hydrogens is 591 g/mol. The van der Waals surface area contributed by atoms with E-state index in [9.17, 15) is 22.0 Å². The lowest BCUT2D eigenvalue weighted by Crippen LogP contribution is -2.41. The van der Waals surface area contributed by atoms with Crippen LogP contribution < -0.4 is 15.8 Å². The van der Waals surface area contributed by atoms with Crippen LogP contribution in [0.4, 0.5) is 27.6 Å². The van der Waals surface area contributed by atoms with Crippen LogP contribution in [-0.2, 0) is 11.3 Å². The molecule has 4 aromatic rings. The van der Waals surface area contributed by atoms with Crippen molar-refractivity contribution in [3.05, 3.63) is 89.7 Å². The van der Waals surface area contributed by atoms with Crippen LogP contribution in [0.15, 0.2) is 78.0 Å². The molecule has 0 unspecified atom stereocenters. The van der Waals surface area contributed by atoms with Crippen molar-refractivity contribution in [2.75, 3.05) is 0 Å². The van der Waals surface area contributed by atoms with E-state index in [-0.39, 0.29) is 17.1 Å². The fraction of sp³-hybridized carbons (Fsp3) is 0.241. The first kappa shape index (κ1) is 31.3. The van der Waals surface area contributed by atoms with Crippen LogP contribution in [0, 0.1) is 6.92 Å². The maximum Gasteiger partial charge on any atom is 0.499 e. The molecule has 43 heavy (non-hydrogen) atoms. The number of halogens is 5. The summed E-state index contributed by atoms with van der Waals surface area (Å²) in [6.07, 6.45) is -9.76. The molecule has 3 aromatic carbocycles. The Morgan fingerprint density at radius 3 is 2.33 bits per heavy atom. The molecule has 226 valence electrons. The Morgan fingerprint density at radius 2 is 1.70 bits per heavy atom. The number of ether oxygens (including phenoxy) is 2. The Balaban J connectivity index is 1.33. The van der Waals surface area contributed by atoms with Crippen molar-refractivity contribution in [1.82, 2.24) is 20.1 Å². The normalized spacial score (nSPS) is 12.3. The molecule has 4 rings (SSSR count). The minimum Gasteiger partial charge on any atom is -0.426 e. The fourth-order valence-electron chi connectivity index (χ4n) is 3.85. The lowest BCUT2D eigenvalue weighted by atomic mass is 10.00. The SMILES string of the molecule is Cc1ccc(C(C)C)c(N=C(N)OC(=S)NCc2ccc(-c3ncn(-c4ccc(OC(F)(F)C(F)(F)F)cc4)n3)cc2)c1. The van der Waals surface area contributed by atoms with Crippen LogP contribution in [-0.4, -0.2) is 38.2 Å². The van der Waals surface area contributed by atoms with Gasteiger partial charge in [-0.05, 0) is 72.1 Å². The third-order valence-corrected chi connectivity index (χ3v) is 6.28. The second-order valence-electron chi connectivity index (χ2n) is 9.73. The van der Waals surface area contributed by atoms with Gasteiger partial charge in [0.25, 0.3) is 11.2 Å². The summed E-state index contributed by atoms with van der Waals surface area (Å²) in [5.41, 5.74) is 10.7. The summed E-state index contributed by atoms with van der Waals surface area (Å²) < 4.78 is 73.9. The molecular formula is C29H27F5N6O2S. The molecule has 0 spiro atoms. The minimum atomic E-state index is -5.83. The number of benzene rings is 3. The molecule has 0 saturated carbocycles. The largest absolute Gasteiger partial charge is 0.499 e. The lowest BCUT2D eigenvalue weighted by Gasteiger charge is -2.20. The summed E-state index contributed by atoms with van der Waals surface area (Å²) in [7, 11) is 0. The molecule has 8 nitrogen and oxygen atoms in total. The predicted octanol–water partition coefficient (Wildman–Crippen LogP) is 6.94. The van der Waals surface area contributed by atoms with E-state index >= 15 is 0 Å². The van der Waals surface area contributed by atoms with Crippen molar-refractivity contribution in [2.45, 2.75) is 45.5 Å². The number of aromatic nitrogens is 3. The van der Waals surface area contributed by atoms with Crippen LogP contribution in [0.1, 0.15) is 36.5 Å². The molecule has 0 aliphatic carbocycles. The average Bonchev–Trinajstić information content (AvgIpc) is 3.42. The second-order valence-corrected chi connectivity index (χ2v) is 10.1. The molecule has 0 saturated heterocycles. The van der Waals surface area contributed by atoms with E-state index in [0.29, 0.717) is 23.6 Å². The highest BCUT2D eigenvalue weighted by molar-refractivity contribution is 7.80. The van der Waals surface area contributed by atoms with Gasteiger partial charge in [-0.15, -0.1) is 5.10 Å². The van der Waals surface area contributed by atoms with E-state index in [0.717, 1.165) is 34.5 Å². The zero-order valence-electron chi connectivity index (χ0n) is 23.2. The average molecular weight is 619 g/mol. The monoisotopic (exact) mass is 618 g/mol. The number of amidine groups is 1. The van der Waals surface area contributed by atoms with Crippen LogP contribution in [0.5, 0.6) is 5.75 Å². The molecule has 0 aliphatic heterocycles. The molecule has 1 aromatic heterocycles. The smallest absolute Gasteiger partial charge is 0.426 e. The van der Waals surface area contributed by atoms with Gasteiger partial charge in [0, 0.05) is 12.1 Å². The molecule has 3 N–H and O–H groups in total. The van der Waals surface area contributed by atoms with Crippen molar-refractivity contribution in [3.63, 3.8) is 0 Å². The van der Waals surface area contributed by atoms with E-state index < -0.39 is 18.0 Å². The summed E-state index contributed by atoms with van der Waals surface area (Å²) in [4.78, 5) is 8.62. The number of hydrogen-bond acceptors (Lipinski definition) is 6. The first-order chi connectivity index (χ1) is 20.2. The van der Waals surface area contributed by atoms with E-state index in [4.69, 9.17) is 22.7 Å². The second kappa shape index (κ2) is 12.7. The number of alkyl halides is 5. The summed E-state index contributed by atoms with van der Waals surface area (Å²) in [6, 6.07) is 17.6. The number of nitrogens with one attached hydrogen (secondary N) is 1. The maximum atomic E-state index is 13.1. The quantitative estimate of drug-likeness (QED) is 0.0956. The van der Waals surface area contributed by atoms with Gasteiger partial charge in [-0.25, -0.2) is 9.67 Å². The summed E-state index contributed by atoms with van der Waals surface area (Å²) in [6.45, 7) is 6.44. The maximum absolute atomic E-state index is 13.1. The Labute approximate surface area is 249 Å². The molecule has 0 aliphatic rings. The zero-order valence-corrected chi connectivity index (χ0v) is 24.0. The standard InChI is InChI=1S/C29H27F5N6O2S/c1-17(2)23-13-4-18(3)14-24(23)38-26(35)41-27(43)36-15-19-5-7-20(8-6-19)25-37-16-40(39-25)21-9-11-22(12-10-21)42-29(33,34)28(30,31)32/h4-14,16-17H,15H2,1-3H3,(H2,35,38)(H,36,43). The third-order valence-electron chi connectivity index (χ3n) is 6.05. The Kier molecular flexibility index (Phi) is 9.28. The summed E-state index contributed by atoms with van der Waals surface area (Å²) >= 11 is 5.25. The molecule has 0 atom stereocenters. The third kappa shape index (κ3) is 8.03. The van der Waals surface area contributed by atoms with Crippen LogP contribution in [0.2, 0.25) is 0 Å². The summed E-state index contributed by atoms with van der Waals surface area (Å²) in [5, 5.41) is 7.37. The fourth-order valence-corrected chi connectivity index (χ4v) is 4.01. The molecule has 0 radical (unpaired) electrons. The van der Waals surface area contributed by atoms with Crippen LogP contribution in [0.3, 0.4) is 0 Å². The number of thiocarbonyl (C=S) groups is 1. The zero-order chi connectivity index (χ0) is 31.4. The number of aliphatic imine (C=N–C) groups is 1. The van der Waals surface area contributed by atoms with Gasteiger partial charge in [0.05, 0.1) is 11.4 Å². The topological polar surface area (TPSA) is 99.6 Å². The van der Waals surface area contributed by atoms with Crippen molar-refractivity contribution in [2.24, 2.45) is 10.7 Å². The molecule has 1 heterocycles.